The van der Waals surface area contributed by atoms with Gasteiger partial charge in [-0.25, -0.2) is 13.2 Å². The van der Waals surface area contributed by atoms with E-state index in [1.165, 1.54) is 0 Å². The van der Waals surface area contributed by atoms with Crippen molar-refractivity contribution in [2.24, 2.45) is 5.92 Å². The van der Waals surface area contributed by atoms with E-state index in [1.807, 2.05) is 11.6 Å². The third-order valence-corrected chi connectivity index (χ3v) is 8.02. The summed E-state index contributed by atoms with van der Waals surface area (Å²) in [6.07, 6.45) is 0.526. The quantitative estimate of drug-likeness (QED) is 0.0695. The van der Waals surface area contributed by atoms with Crippen LogP contribution in [0, 0.1) is 5.92 Å². The zero-order valence-corrected chi connectivity index (χ0v) is 26.6. The van der Waals surface area contributed by atoms with Gasteiger partial charge in [-0.05, 0) is 38.5 Å². The van der Waals surface area contributed by atoms with Gasteiger partial charge in [0.25, 0.3) is 0 Å². The molecule has 2 unspecified atom stereocenters. The Morgan fingerprint density at radius 2 is 1.52 bits per heavy atom. The average Bonchev–Trinajstić information content (AvgIpc) is 3.48. The highest BCUT2D eigenvalue weighted by Gasteiger charge is 2.25. The van der Waals surface area contributed by atoms with Gasteiger partial charge < -0.3 is 20.8 Å². The third-order valence-electron chi connectivity index (χ3n) is 6.65. The predicted octanol–water partition coefficient (Wildman–Crippen LogP) is -0.196. The molecule has 6 N–H and O–H groups in total. The number of carbonyl (C=O) groups is 7. The molecule has 3 amide bonds. The molecule has 46 heavy (non-hydrogen) atoms. The van der Waals surface area contributed by atoms with Gasteiger partial charge in [0.15, 0.2) is 5.82 Å². The van der Waals surface area contributed by atoms with Gasteiger partial charge in [-0.1, -0.05) is 12.1 Å². The highest BCUT2D eigenvalue weighted by Crippen LogP contribution is 2.15. The molecule has 2 atom stereocenters. The van der Waals surface area contributed by atoms with Crippen LogP contribution < -0.4 is 15.4 Å². The second-order valence-corrected chi connectivity index (χ2v) is 12.5. The fourth-order valence-corrected chi connectivity index (χ4v) is 5.30. The second kappa shape index (κ2) is 21.4. The van der Waals surface area contributed by atoms with Crippen LogP contribution in [-0.4, -0.2) is 98.8 Å². The maximum absolute atomic E-state index is 12.3. The molecule has 0 bridgehead atoms. The Balaban J connectivity index is 2.28. The van der Waals surface area contributed by atoms with Crippen molar-refractivity contribution < 1.29 is 52.2 Å². The van der Waals surface area contributed by atoms with Gasteiger partial charge in [0.05, 0.1) is 11.7 Å². The molecule has 0 aliphatic heterocycles. The lowest BCUT2D eigenvalue weighted by Gasteiger charge is -2.16. The van der Waals surface area contributed by atoms with Crippen molar-refractivity contribution in [3.05, 3.63) is 5.82 Å². The molecule has 1 aromatic heterocycles. The lowest BCUT2D eigenvalue weighted by Crippen LogP contribution is -2.41. The number of hydrogen-bond donors (Lipinski definition) is 6. The number of carboxylic acid groups (broad SMARTS) is 2. The van der Waals surface area contributed by atoms with Gasteiger partial charge in [-0.3, -0.25) is 33.5 Å². The summed E-state index contributed by atoms with van der Waals surface area (Å²) in [4.78, 5) is 83.1. The van der Waals surface area contributed by atoms with Crippen molar-refractivity contribution >= 4 is 51.2 Å². The number of hydrogen-bond acceptors (Lipinski definition) is 12. The first kappa shape index (κ1) is 39.7. The zero-order valence-electron chi connectivity index (χ0n) is 25.8. The highest BCUT2D eigenvalue weighted by atomic mass is 32.2. The zero-order chi connectivity index (χ0) is 34.5. The van der Waals surface area contributed by atoms with E-state index in [0.717, 1.165) is 0 Å². The topological polar surface area (TPSA) is 285 Å². The number of aromatic nitrogens is 4. The van der Waals surface area contributed by atoms with E-state index in [0.29, 0.717) is 31.5 Å². The maximum atomic E-state index is 12.3. The summed E-state index contributed by atoms with van der Waals surface area (Å²) in [5.41, 5.74) is 0. The van der Waals surface area contributed by atoms with Gasteiger partial charge in [0.1, 0.15) is 17.6 Å². The number of carbonyl (C=O) groups excluding carboxylic acids is 5. The Bertz CT molecular complexity index is 1290. The summed E-state index contributed by atoms with van der Waals surface area (Å²) < 4.78 is 26.1. The van der Waals surface area contributed by atoms with Crippen LogP contribution >= 0.6 is 0 Å². The van der Waals surface area contributed by atoms with E-state index < -0.39 is 63.2 Å². The average molecular weight is 674 g/mol. The number of rotatable bonds is 26. The van der Waals surface area contributed by atoms with E-state index in [-0.39, 0.29) is 76.5 Å². The largest absolute Gasteiger partial charge is 0.481 e. The lowest BCUT2D eigenvalue weighted by atomic mass is 9.95. The fourth-order valence-electron chi connectivity index (χ4n) is 4.22. The molecule has 1 heterocycles. The normalized spacial score (nSPS) is 12.5. The Kier molecular flexibility index (Phi) is 18.5. The number of aliphatic carboxylic acids is 2. The van der Waals surface area contributed by atoms with Crippen LogP contribution in [0.4, 0.5) is 0 Å². The number of amides is 3. The van der Waals surface area contributed by atoms with Crippen LogP contribution in [0.15, 0.2) is 0 Å². The second-order valence-electron chi connectivity index (χ2n) is 10.7. The van der Waals surface area contributed by atoms with Crippen molar-refractivity contribution in [3.8, 4) is 0 Å². The Morgan fingerprint density at radius 3 is 2.15 bits per heavy atom. The molecular weight excluding hydrogens is 630 g/mol. The summed E-state index contributed by atoms with van der Waals surface area (Å²) in [7, 11) is -3.93. The van der Waals surface area contributed by atoms with Crippen LogP contribution in [0.5, 0.6) is 0 Å². The minimum atomic E-state index is -3.93. The van der Waals surface area contributed by atoms with Crippen molar-refractivity contribution in [3.63, 3.8) is 0 Å². The number of nitrogens with zero attached hydrogens (tertiary/aromatic N) is 3. The Labute approximate surface area is 266 Å². The molecule has 0 aromatic carbocycles. The van der Waals surface area contributed by atoms with E-state index in [1.54, 1.807) is 0 Å². The molecule has 19 heteroatoms. The third kappa shape index (κ3) is 18.5. The highest BCUT2D eigenvalue weighted by molar-refractivity contribution is 7.90. The number of aryl methyl sites for hydroxylation is 1. The number of carboxylic acids is 2. The van der Waals surface area contributed by atoms with Gasteiger partial charge in [0.2, 0.25) is 27.7 Å². The number of Topliss-reactive ketones (excluding diaryl/α,β-unsaturated/α-hetero) is 2. The van der Waals surface area contributed by atoms with Crippen molar-refractivity contribution in [1.82, 2.24) is 36.0 Å². The molecule has 1 rings (SSSR count). The van der Waals surface area contributed by atoms with E-state index >= 15 is 0 Å². The molecule has 0 aliphatic rings. The summed E-state index contributed by atoms with van der Waals surface area (Å²) >= 11 is 0. The first-order valence-electron chi connectivity index (χ1n) is 15.0. The number of tetrazole rings is 1. The van der Waals surface area contributed by atoms with Crippen molar-refractivity contribution in [1.29, 1.82) is 0 Å². The molecule has 18 nitrogen and oxygen atoms in total. The van der Waals surface area contributed by atoms with Crippen molar-refractivity contribution in [2.45, 2.75) is 103 Å². The summed E-state index contributed by atoms with van der Waals surface area (Å²) in [6.45, 7) is 1.90. The van der Waals surface area contributed by atoms with Crippen LogP contribution in [0.25, 0.3) is 0 Å². The molecule has 1 aromatic rings. The molecule has 258 valence electrons. The number of sulfonamides is 1. The molecular formula is C27H43N7O11S. The fraction of sp³-hybridized carbons (Fsp3) is 0.704. The van der Waals surface area contributed by atoms with Gasteiger partial charge >= 0.3 is 11.9 Å². The van der Waals surface area contributed by atoms with Crippen LogP contribution in [0.3, 0.4) is 0 Å². The monoisotopic (exact) mass is 673 g/mol. The molecule has 0 fully saturated rings. The van der Waals surface area contributed by atoms with Gasteiger partial charge in [0, 0.05) is 57.9 Å². The van der Waals surface area contributed by atoms with Crippen LogP contribution in [-0.2, 0) is 50.0 Å². The van der Waals surface area contributed by atoms with Gasteiger partial charge in [-0.15, -0.1) is 10.2 Å². The van der Waals surface area contributed by atoms with E-state index in [2.05, 4.69) is 31.3 Å². The minimum absolute atomic E-state index is 0.00878. The van der Waals surface area contributed by atoms with Crippen molar-refractivity contribution in [2.75, 3.05) is 12.3 Å². The van der Waals surface area contributed by atoms with Gasteiger partial charge in [-0.2, -0.15) is 5.21 Å². The molecule has 0 saturated carbocycles. The SMILES string of the molecule is CCCC(=O)CCC(NC(=O)CCC(CC(=O)CCCNC(=O)CCCS(=O)(=O)NC(=O)CCCc1nn[nH]n1)C(=O)O)C(=O)O. The van der Waals surface area contributed by atoms with Crippen LogP contribution in [0.2, 0.25) is 0 Å². The first-order valence-corrected chi connectivity index (χ1v) is 16.7. The predicted molar refractivity (Wildman–Crippen MR) is 159 cm³/mol. The maximum Gasteiger partial charge on any atom is 0.326 e. The van der Waals surface area contributed by atoms with Crippen LogP contribution in [0.1, 0.15) is 96.2 Å². The summed E-state index contributed by atoms with van der Waals surface area (Å²) in [6, 6.07) is -1.29. The smallest absolute Gasteiger partial charge is 0.326 e. The summed E-state index contributed by atoms with van der Waals surface area (Å²) in [5.74, 6) is -6.19. The summed E-state index contributed by atoms with van der Waals surface area (Å²) in [5, 5.41) is 36.7. The standard InChI is InChI=1S/C27H43N7O11S/c1-2-6-19(35)12-13-21(27(42)43)29-24(38)14-11-18(26(40)41)17-20(36)7-4-15-28-23(37)10-5-16-46(44,45)32-25(39)9-3-8-22-30-33-34-31-22/h18,21H,2-17H2,1H3,(H,28,37)(H,29,38)(H,32,39)(H,40,41)(H,42,43)(H,30,31,33,34). The number of H-pyrrole nitrogens is 1. The molecule has 0 spiro atoms. The Morgan fingerprint density at radius 1 is 0.804 bits per heavy atom. The molecule has 0 saturated heterocycles. The number of aromatic amines is 1. The van der Waals surface area contributed by atoms with E-state index in [4.69, 9.17) is 0 Å². The number of ketones is 2. The number of nitrogens with one attached hydrogen (secondary N) is 4. The molecule has 0 aliphatic carbocycles. The first-order chi connectivity index (χ1) is 21.7. The molecule has 0 radical (unpaired) electrons. The minimum Gasteiger partial charge on any atom is -0.481 e. The Hall–Kier alpha value is -4.29. The lowest BCUT2D eigenvalue weighted by molar-refractivity contribution is -0.145. The van der Waals surface area contributed by atoms with E-state index in [9.17, 15) is 52.2 Å².